The molecule has 1 amide bonds. The number of hydrogen-bond acceptors (Lipinski definition) is 5. The molecule has 6 heteroatoms. The van der Waals surface area contributed by atoms with E-state index in [0.717, 1.165) is 53.5 Å². The minimum atomic E-state index is -0.0324. The first-order valence-electron chi connectivity index (χ1n) is 12.2. The first kappa shape index (κ1) is 21.7. The Bertz CT molecular complexity index is 1140. The molecule has 1 aliphatic heterocycles. The van der Waals surface area contributed by atoms with Crippen molar-refractivity contribution in [1.29, 1.82) is 0 Å². The van der Waals surface area contributed by atoms with Crippen molar-refractivity contribution in [2.75, 3.05) is 6.61 Å². The van der Waals surface area contributed by atoms with Gasteiger partial charge in [0.15, 0.2) is 5.58 Å². The lowest BCUT2D eigenvalue weighted by atomic mass is 9.87. The standard InChI is InChI=1S/C27H31N3O3/c1-2-19-17-25(31)29-30-26(19)21-10-13-23-24(16-21)33-27(28-23)20-8-11-22(12-9-20)32-15-14-18-6-4-3-5-7-18/h8-13,16,18-19H,2-7,14-15,17H2,1H3,(H,29,31). The molecule has 1 N–H and O–H groups in total. The van der Waals surface area contributed by atoms with Gasteiger partial charge in [-0.05, 0) is 55.2 Å². The number of benzene rings is 2. The average molecular weight is 446 g/mol. The van der Waals surface area contributed by atoms with E-state index in [-0.39, 0.29) is 11.8 Å². The molecule has 1 aromatic heterocycles. The number of nitrogens with zero attached hydrogens (tertiary/aromatic N) is 2. The number of hydrogen-bond donors (Lipinski definition) is 1. The predicted molar refractivity (Wildman–Crippen MR) is 129 cm³/mol. The Balaban J connectivity index is 1.27. The fourth-order valence-electron chi connectivity index (χ4n) is 4.94. The second-order valence-electron chi connectivity index (χ2n) is 9.21. The summed E-state index contributed by atoms with van der Waals surface area (Å²) >= 11 is 0. The molecule has 1 saturated carbocycles. The summed E-state index contributed by atoms with van der Waals surface area (Å²) in [5, 5.41) is 4.31. The maximum atomic E-state index is 11.7. The minimum absolute atomic E-state index is 0.0324. The van der Waals surface area contributed by atoms with E-state index in [1.165, 1.54) is 32.1 Å². The van der Waals surface area contributed by atoms with Crippen LogP contribution in [-0.2, 0) is 4.79 Å². The van der Waals surface area contributed by atoms with Gasteiger partial charge in [0.25, 0.3) is 0 Å². The van der Waals surface area contributed by atoms with Crippen LogP contribution in [0.5, 0.6) is 5.75 Å². The fraction of sp³-hybridized carbons (Fsp3) is 0.444. The summed E-state index contributed by atoms with van der Waals surface area (Å²) < 4.78 is 12.1. The van der Waals surface area contributed by atoms with Gasteiger partial charge in [-0.1, -0.05) is 45.1 Å². The van der Waals surface area contributed by atoms with Crippen LogP contribution < -0.4 is 10.2 Å². The summed E-state index contributed by atoms with van der Waals surface area (Å²) in [6, 6.07) is 13.9. The van der Waals surface area contributed by atoms with E-state index in [1.54, 1.807) is 0 Å². The Kier molecular flexibility index (Phi) is 6.42. The molecule has 2 aliphatic rings. The Hall–Kier alpha value is -3.15. The highest BCUT2D eigenvalue weighted by Gasteiger charge is 2.24. The van der Waals surface area contributed by atoms with Crippen LogP contribution in [0, 0.1) is 11.8 Å². The zero-order valence-electron chi connectivity index (χ0n) is 19.2. The summed E-state index contributed by atoms with van der Waals surface area (Å²) in [6.45, 7) is 2.85. The fourth-order valence-corrected chi connectivity index (χ4v) is 4.94. The molecule has 2 aromatic carbocycles. The third-order valence-corrected chi connectivity index (χ3v) is 6.92. The van der Waals surface area contributed by atoms with E-state index in [0.29, 0.717) is 17.9 Å². The van der Waals surface area contributed by atoms with Crippen LogP contribution >= 0.6 is 0 Å². The molecule has 172 valence electrons. The second kappa shape index (κ2) is 9.77. The highest BCUT2D eigenvalue weighted by molar-refractivity contribution is 6.07. The first-order valence-corrected chi connectivity index (χ1v) is 12.2. The molecule has 33 heavy (non-hydrogen) atoms. The molecule has 1 atom stereocenters. The Morgan fingerprint density at radius 2 is 1.85 bits per heavy atom. The number of aromatic nitrogens is 1. The summed E-state index contributed by atoms with van der Waals surface area (Å²) in [5.41, 5.74) is 6.89. The van der Waals surface area contributed by atoms with Gasteiger partial charge in [-0.3, -0.25) is 4.79 Å². The van der Waals surface area contributed by atoms with Gasteiger partial charge >= 0.3 is 0 Å². The highest BCUT2D eigenvalue weighted by atomic mass is 16.5. The molecule has 0 radical (unpaired) electrons. The molecule has 5 rings (SSSR count). The number of fused-ring (bicyclic) bond motifs is 1. The average Bonchev–Trinajstić information content (AvgIpc) is 3.28. The van der Waals surface area contributed by atoms with Crippen LogP contribution in [0.2, 0.25) is 0 Å². The van der Waals surface area contributed by atoms with Crippen molar-refractivity contribution in [2.24, 2.45) is 16.9 Å². The summed E-state index contributed by atoms with van der Waals surface area (Å²) in [4.78, 5) is 16.3. The topological polar surface area (TPSA) is 76.7 Å². The molecule has 6 nitrogen and oxygen atoms in total. The van der Waals surface area contributed by atoms with E-state index in [9.17, 15) is 4.79 Å². The smallest absolute Gasteiger partial charge is 0.240 e. The van der Waals surface area contributed by atoms with Gasteiger partial charge in [0, 0.05) is 23.5 Å². The largest absolute Gasteiger partial charge is 0.494 e. The van der Waals surface area contributed by atoms with E-state index in [2.05, 4.69) is 22.4 Å². The van der Waals surface area contributed by atoms with Crippen LogP contribution in [0.1, 0.15) is 63.9 Å². The number of ether oxygens (including phenoxy) is 1. The van der Waals surface area contributed by atoms with Crippen molar-refractivity contribution in [3.05, 3.63) is 48.0 Å². The van der Waals surface area contributed by atoms with Crippen LogP contribution in [-0.4, -0.2) is 23.2 Å². The Labute approximate surface area is 194 Å². The zero-order valence-corrected chi connectivity index (χ0v) is 19.2. The van der Waals surface area contributed by atoms with Crippen molar-refractivity contribution in [3.8, 4) is 17.2 Å². The van der Waals surface area contributed by atoms with Gasteiger partial charge in [0.1, 0.15) is 11.3 Å². The lowest BCUT2D eigenvalue weighted by Gasteiger charge is -2.21. The monoisotopic (exact) mass is 445 g/mol. The number of oxazole rings is 1. The van der Waals surface area contributed by atoms with E-state index in [1.807, 2.05) is 42.5 Å². The van der Waals surface area contributed by atoms with Crippen LogP contribution in [0.4, 0.5) is 0 Å². The number of carbonyl (C=O) groups is 1. The van der Waals surface area contributed by atoms with Crippen LogP contribution in [0.15, 0.2) is 52.0 Å². The Morgan fingerprint density at radius 1 is 1.06 bits per heavy atom. The SMILES string of the molecule is CCC1CC(=O)NN=C1c1ccc2nc(-c3ccc(OCCC4CCCCC4)cc3)oc2c1. The van der Waals surface area contributed by atoms with Gasteiger partial charge in [0.05, 0.1) is 12.3 Å². The third-order valence-electron chi connectivity index (χ3n) is 6.92. The predicted octanol–water partition coefficient (Wildman–Crippen LogP) is 6.09. The van der Waals surface area contributed by atoms with Gasteiger partial charge in [-0.2, -0.15) is 5.10 Å². The molecule has 0 saturated heterocycles. The molecule has 1 unspecified atom stereocenters. The van der Waals surface area contributed by atoms with Gasteiger partial charge in [0.2, 0.25) is 11.8 Å². The summed E-state index contributed by atoms with van der Waals surface area (Å²) in [5.74, 6) is 2.38. The van der Waals surface area contributed by atoms with Gasteiger partial charge < -0.3 is 9.15 Å². The molecule has 1 aliphatic carbocycles. The molecule has 1 fully saturated rings. The van der Waals surface area contributed by atoms with Crippen molar-refractivity contribution < 1.29 is 13.9 Å². The molecule has 0 spiro atoms. The number of amides is 1. The first-order chi connectivity index (χ1) is 16.2. The Morgan fingerprint density at radius 3 is 2.64 bits per heavy atom. The lowest BCUT2D eigenvalue weighted by molar-refractivity contribution is -0.122. The van der Waals surface area contributed by atoms with E-state index >= 15 is 0 Å². The number of rotatable bonds is 7. The zero-order chi connectivity index (χ0) is 22.6. The van der Waals surface area contributed by atoms with Gasteiger partial charge in [-0.25, -0.2) is 10.4 Å². The van der Waals surface area contributed by atoms with Crippen molar-refractivity contribution in [2.45, 2.75) is 58.3 Å². The lowest BCUT2D eigenvalue weighted by Crippen LogP contribution is -2.33. The van der Waals surface area contributed by atoms with Crippen LogP contribution in [0.3, 0.4) is 0 Å². The molecule has 2 heterocycles. The third kappa shape index (κ3) is 4.95. The maximum Gasteiger partial charge on any atom is 0.240 e. The molecule has 3 aromatic rings. The summed E-state index contributed by atoms with van der Waals surface area (Å²) in [7, 11) is 0. The van der Waals surface area contributed by atoms with Crippen molar-refractivity contribution in [1.82, 2.24) is 10.4 Å². The minimum Gasteiger partial charge on any atom is -0.494 e. The number of nitrogens with one attached hydrogen (secondary N) is 1. The summed E-state index contributed by atoms with van der Waals surface area (Å²) in [6.07, 6.45) is 9.30. The maximum absolute atomic E-state index is 11.7. The van der Waals surface area contributed by atoms with E-state index in [4.69, 9.17) is 9.15 Å². The molecular formula is C27H31N3O3. The van der Waals surface area contributed by atoms with Gasteiger partial charge in [-0.15, -0.1) is 0 Å². The van der Waals surface area contributed by atoms with Crippen LogP contribution in [0.25, 0.3) is 22.6 Å². The number of carbonyl (C=O) groups excluding carboxylic acids is 1. The number of hydrazone groups is 1. The van der Waals surface area contributed by atoms with Crippen molar-refractivity contribution >= 4 is 22.7 Å². The molecular weight excluding hydrogens is 414 g/mol. The quantitative estimate of drug-likeness (QED) is 0.477. The normalized spacial score (nSPS) is 19.4. The van der Waals surface area contributed by atoms with Crippen molar-refractivity contribution in [3.63, 3.8) is 0 Å². The van der Waals surface area contributed by atoms with E-state index < -0.39 is 0 Å². The second-order valence-corrected chi connectivity index (χ2v) is 9.21. The molecule has 0 bridgehead atoms. The highest BCUT2D eigenvalue weighted by Crippen LogP contribution is 2.29.